The standard InChI is InChI=1S/C20H19ClN4O4S/c1-9-10(2)24-25(4)19(27)15(9)18-22-11(3)16(30-18)17(26)23-12-6-7-14(21)13(8-12)20(28)29-5/h6-8H,1-5H3,(H,23,26). The fourth-order valence-corrected chi connectivity index (χ4v) is 4.12. The molecule has 0 saturated carbocycles. The van der Waals surface area contributed by atoms with Gasteiger partial charge in [-0.1, -0.05) is 11.6 Å². The lowest BCUT2D eigenvalue weighted by molar-refractivity contribution is 0.0600. The van der Waals surface area contributed by atoms with Crippen molar-refractivity contribution in [2.75, 3.05) is 12.4 Å². The van der Waals surface area contributed by atoms with Crippen molar-refractivity contribution in [1.29, 1.82) is 0 Å². The summed E-state index contributed by atoms with van der Waals surface area (Å²) < 4.78 is 5.95. The minimum absolute atomic E-state index is 0.144. The van der Waals surface area contributed by atoms with Gasteiger partial charge in [-0.25, -0.2) is 14.5 Å². The number of ether oxygens (including phenoxy) is 1. The Balaban J connectivity index is 1.97. The van der Waals surface area contributed by atoms with Crippen LogP contribution in [0.4, 0.5) is 5.69 Å². The van der Waals surface area contributed by atoms with Crippen LogP contribution in [0.25, 0.3) is 10.6 Å². The second kappa shape index (κ2) is 8.37. The van der Waals surface area contributed by atoms with Crippen LogP contribution in [0.1, 0.15) is 37.0 Å². The van der Waals surface area contributed by atoms with Crippen LogP contribution in [0.15, 0.2) is 23.0 Å². The van der Waals surface area contributed by atoms with Crippen molar-refractivity contribution in [2.24, 2.45) is 7.05 Å². The number of carbonyl (C=O) groups is 2. The molecule has 30 heavy (non-hydrogen) atoms. The number of aryl methyl sites for hydroxylation is 3. The van der Waals surface area contributed by atoms with Crippen molar-refractivity contribution >= 4 is 40.5 Å². The molecule has 10 heteroatoms. The number of amides is 1. The predicted octanol–water partition coefficient (Wildman–Crippen LogP) is 3.52. The fourth-order valence-electron chi connectivity index (χ4n) is 2.87. The number of aromatic nitrogens is 3. The van der Waals surface area contributed by atoms with Crippen LogP contribution < -0.4 is 10.9 Å². The van der Waals surface area contributed by atoms with Gasteiger partial charge >= 0.3 is 5.97 Å². The Hall–Kier alpha value is -3.04. The molecule has 2 heterocycles. The van der Waals surface area contributed by atoms with Gasteiger partial charge in [0.2, 0.25) is 0 Å². The maximum absolute atomic E-state index is 12.8. The van der Waals surface area contributed by atoms with Gasteiger partial charge in [-0.3, -0.25) is 9.59 Å². The Kier molecular flexibility index (Phi) is 6.04. The molecule has 3 rings (SSSR count). The van der Waals surface area contributed by atoms with E-state index in [4.69, 9.17) is 16.3 Å². The van der Waals surface area contributed by atoms with E-state index in [0.717, 1.165) is 16.9 Å². The maximum atomic E-state index is 12.8. The maximum Gasteiger partial charge on any atom is 0.339 e. The van der Waals surface area contributed by atoms with E-state index >= 15 is 0 Å². The zero-order valence-electron chi connectivity index (χ0n) is 17.0. The lowest BCUT2D eigenvalue weighted by atomic mass is 10.1. The summed E-state index contributed by atoms with van der Waals surface area (Å²) in [6, 6.07) is 4.52. The number of benzene rings is 1. The summed E-state index contributed by atoms with van der Waals surface area (Å²) in [6.45, 7) is 5.31. The zero-order chi connectivity index (χ0) is 22.2. The molecule has 0 aliphatic rings. The van der Waals surface area contributed by atoms with Crippen molar-refractivity contribution < 1.29 is 14.3 Å². The van der Waals surface area contributed by atoms with Crippen LogP contribution in [0.2, 0.25) is 5.02 Å². The van der Waals surface area contributed by atoms with E-state index in [0.29, 0.717) is 32.5 Å². The third-order valence-electron chi connectivity index (χ3n) is 4.57. The van der Waals surface area contributed by atoms with E-state index in [2.05, 4.69) is 15.4 Å². The molecule has 0 saturated heterocycles. The molecule has 0 radical (unpaired) electrons. The smallest absolute Gasteiger partial charge is 0.339 e. The Morgan fingerprint density at radius 2 is 1.90 bits per heavy atom. The van der Waals surface area contributed by atoms with Crippen molar-refractivity contribution in [3.05, 3.63) is 61.0 Å². The molecule has 0 bridgehead atoms. The molecular weight excluding hydrogens is 428 g/mol. The molecule has 0 aliphatic heterocycles. The second-order valence-electron chi connectivity index (χ2n) is 6.59. The number of rotatable bonds is 4. The number of carbonyl (C=O) groups excluding carboxylic acids is 2. The molecule has 0 fully saturated rings. The third kappa shape index (κ3) is 3.99. The molecule has 8 nitrogen and oxygen atoms in total. The van der Waals surface area contributed by atoms with E-state index < -0.39 is 11.9 Å². The highest BCUT2D eigenvalue weighted by Gasteiger charge is 2.21. The number of halogens is 1. The summed E-state index contributed by atoms with van der Waals surface area (Å²) >= 11 is 7.14. The molecule has 1 amide bonds. The molecule has 156 valence electrons. The van der Waals surface area contributed by atoms with Crippen molar-refractivity contribution in [1.82, 2.24) is 14.8 Å². The quantitative estimate of drug-likeness (QED) is 0.615. The molecular formula is C20H19ClN4O4S. The molecule has 1 N–H and O–H groups in total. The summed E-state index contributed by atoms with van der Waals surface area (Å²) in [5.74, 6) is -1.01. The lowest BCUT2D eigenvalue weighted by Gasteiger charge is -2.08. The minimum Gasteiger partial charge on any atom is -0.465 e. The number of esters is 1. The van der Waals surface area contributed by atoms with Gasteiger partial charge in [0.1, 0.15) is 9.88 Å². The van der Waals surface area contributed by atoms with Gasteiger partial charge < -0.3 is 10.1 Å². The van der Waals surface area contributed by atoms with Gasteiger partial charge in [0.25, 0.3) is 11.5 Å². The van der Waals surface area contributed by atoms with Crippen molar-refractivity contribution in [3.63, 3.8) is 0 Å². The van der Waals surface area contributed by atoms with Gasteiger partial charge in [-0.15, -0.1) is 11.3 Å². The minimum atomic E-state index is -0.605. The first-order valence-corrected chi connectivity index (χ1v) is 10.0. The topological polar surface area (TPSA) is 103 Å². The average Bonchev–Trinajstić information content (AvgIpc) is 3.08. The van der Waals surface area contributed by atoms with E-state index in [1.54, 1.807) is 27.0 Å². The average molecular weight is 447 g/mol. The van der Waals surface area contributed by atoms with Crippen LogP contribution in [0, 0.1) is 20.8 Å². The predicted molar refractivity (Wildman–Crippen MR) is 116 cm³/mol. The second-order valence-corrected chi connectivity index (χ2v) is 7.99. The van der Waals surface area contributed by atoms with Crippen LogP contribution in [0.3, 0.4) is 0 Å². The Morgan fingerprint density at radius 1 is 1.20 bits per heavy atom. The Labute approximate surface area is 181 Å². The fraction of sp³-hybridized carbons (Fsp3) is 0.250. The highest BCUT2D eigenvalue weighted by Crippen LogP contribution is 2.29. The monoisotopic (exact) mass is 446 g/mol. The summed E-state index contributed by atoms with van der Waals surface area (Å²) in [7, 11) is 2.82. The van der Waals surface area contributed by atoms with Gasteiger partial charge in [-0.05, 0) is 44.5 Å². The van der Waals surface area contributed by atoms with E-state index in [1.807, 2.05) is 6.92 Å². The lowest BCUT2D eigenvalue weighted by Crippen LogP contribution is -2.23. The number of anilines is 1. The molecule has 3 aromatic rings. The highest BCUT2D eigenvalue weighted by molar-refractivity contribution is 7.17. The molecule has 1 aromatic carbocycles. The summed E-state index contributed by atoms with van der Waals surface area (Å²) in [5.41, 5.74) is 2.60. The van der Waals surface area contributed by atoms with E-state index in [9.17, 15) is 14.4 Å². The Bertz CT molecular complexity index is 1230. The highest BCUT2D eigenvalue weighted by atomic mass is 35.5. The summed E-state index contributed by atoms with van der Waals surface area (Å²) in [5, 5.41) is 7.57. The normalized spacial score (nSPS) is 10.7. The molecule has 0 atom stereocenters. The van der Waals surface area contributed by atoms with Gasteiger partial charge in [0.05, 0.1) is 34.6 Å². The van der Waals surface area contributed by atoms with Crippen molar-refractivity contribution in [2.45, 2.75) is 20.8 Å². The van der Waals surface area contributed by atoms with Crippen LogP contribution in [-0.2, 0) is 11.8 Å². The van der Waals surface area contributed by atoms with Crippen molar-refractivity contribution in [3.8, 4) is 10.6 Å². The van der Waals surface area contributed by atoms with E-state index in [1.165, 1.54) is 23.9 Å². The van der Waals surface area contributed by atoms with Gasteiger partial charge in [0.15, 0.2) is 0 Å². The number of nitrogens with zero attached hydrogens (tertiary/aromatic N) is 3. The van der Waals surface area contributed by atoms with Gasteiger partial charge in [0, 0.05) is 12.7 Å². The van der Waals surface area contributed by atoms with E-state index in [-0.39, 0.29) is 16.1 Å². The molecule has 0 aliphatic carbocycles. The summed E-state index contributed by atoms with van der Waals surface area (Å²) in [4.78, 5) is 42.0. The zero-order valence-corrected chi connectivity index (χ0v) is 18.6. The van der Waals surface area contributed by atoms with Crippen LogP contribution in [0.5, 0.6) is 0 Å². The Morgan fingerprint density at radius 3 is 2.57 bits per heavy atom. The molecule has 2 aromatic heterocycles. The number of hydrogen-bond donors (Lipinski definition) is 1. The molecule has 0 unspecified atom stereocenters. The van der Waals surface area contributed by atoms with Crippen LogP contribution >= 0.6 is 22.9 Å². The van der Waals surface area contributed by atoms with Gasteiger partial charge in [-0.2, -0.15) is 5.10 Å². The third-order valence-corrected chi connectivity index (χ3v) is 6.07. The summed E-state index contributed by atoms with van der Waals surface area (Å²) in [6.07, 6.45) is 0. The number of methoxy groups -OCH3 is 1. The number of thiazole rings is 1. The molecule has 0 spiro atoms. The first-order valence-electron chi connectivity index (χ1n) is 8.85. The number of nitrogens with one attached hydrogen (secondary N) is 1. The van der Waals surface area contributed by atoms with Crippen LogP contribution in [-0.4, -0.2) is 33.8 Å². The first kappa shape index (κ1) is 21.7. The first-order chi connectivity index (χ1) is 14.1. The largest absolute Gasteiger partial charge is 0.465 e. The number of hydrogen-bond acceptors (Lipinski definition) is 7. The SMILES string of the molecule is COC(=O)c1cc(NC(=O)c2sc(-c3c(C)c(C)nn(C)c3=O)nc2C)ccc1Cl.